The third-order valence-electron chi connectivity index (χ3n) is 3.05. The highest BCUT2D eigenvalue weighted by atomic mass is 32.1. The van der Waals surface area contributed by atoms with Crippen molar-refractivity contribution in [3.63, 3.8) is 0 Å². The molecule has 0 aliphatic carbocycles. The van der Waals surface area contributed by atoms with Crippen LogP contribution in [0, 0.1) is 6.92 Å². The van der Waals surface area contributed by atoms with Gasteiger partial charge in [0.05, 0.1) is 5.01 Å². The summed E-state index contributed by atoms with van der Waals surface area (Å²) in [7, 11) is 0. The van der Waals surface area contributed by atoms with Crippen LogP contribution in [0.1, 0.15) is 41.2 Å². The van der Waals surface area contributed by atoms with E-state index in [1.807, 2.05) is 5.01 Å². The third kappa shape index (κ3) is 3.91. The van der Waals surface area contributed by atoms with E-state index in [-0.39, 0.29) is 11.6 Å². The maximum absolute atomic E-state index is 12.2. The number of aromatic nitrogens is 1. The lowest BCUT2D eigenvalue weighted by molar-refractivity contribution is 0.0790. The molecule has 0 aromatic carbocycles. The summed E-state index contributed by atoms with van der Waals surface area (Å²) < 4.78 is 0. The van der Waals surface area contributed by atoms with Gasteiger partial charge >= 0.3 is 6.03 Å². The summed E-state index contributed by atoms with van der Waals surface area (Å²) in [6.45, 7) is 3.46. The zero-order valence-corrected chi connectivity index (χ0v) is 12.3. The molecule has 8 heteroatoms. The van der Waals surface area contributed by atoms with E-state index in [9.17, 15) is 9.59 Å². The second-order valence-corrected chi connectivity index (χ2v) is 5.95. The first-order valence-corrected chi connectivity index (χ1v) is 7.47. The summed E-state index contributed by atoms with van der Waals surface area (Å²) in [4.78, 5) is 27.3. The van der Waals surface area contributed by atoms with Gasteiger partial charge in [0.25, 0.3) is 5.91 Å². The zero-order valence-electron chi connectivity index (χ0n) is 11.4. The minimum absolute atomic E-state index is 0.218. The lowest BCUT2D eigenvalue weighted by Gasteiger charge is -2.20. The highest BCUT2D eigenvalue weighted by molar-refractivity contribution is 7.16. The number of hydrogen-bond acceptors (Lipinski definition) is 5. The highest BCUT2D eigenvalue weighted by Crippen LogP contribution is 2.24. The number of carbonyl (C=O) groups is 2. The van der Waals surface area contributed by atoms with Crippen LogP contribution in [0.25, 0.3) is 0 Å². The summed E-state index contributed by atoms with van der Waals surface area (Å²) in [6.07, 6.45) is 4.53. The number of nitrogens with one attached hydrogen (secondary N) is 2. The van der Waals surface area contributed by atoms with Crippen LogP contribution in [0.4, 0.5) is 9.80 Å². The fourth-order valence-corrected chi connectivity index (χ4v) is 2.98. The van der Waals surface area contributed by atoms with Gasteiger partial charge in [0.1, 0.15) is 5.00 Å². The second-order valence-electron chi connectivity index (χ2n) is 4.74. The Morgan fingerprint density at radius 1 is 1.25 bits per heavy atom. The van der Waals surface area contributed by atoms with Crippen molar-refractivity contribution >= 4 is 28.3 Å². The van der Waals surface area contributed by atoms with E-state index in [1.54, 1.807) is 6.92 Å². The van der Waals surface area contributed by atoms with Crippen molar-refractivity contribution in [1.82, 2.24) is 15.4 Å². The number of thiazole rings is 1. The molecule has 20 heavy (non-hydrogen) atoms. The molecule has 1 aliphatic heterocycles. The first-order valence-electron chi connectivity index (χ1n) is 6.66. The summed E-state index contributed by atoms with van der Waals surface area (Å²) in [5.41, 5.74) is 8.16. The number of aryl methyl sites for hydroxylation is 1. The van der Waals surface area contributed by atoms with Crippen LogP contribution in [0.15, 0.2) is 0 Å². The molecule has 3 amide bonds. The van der Waals surface area contributed by atoms with Gasteiger partial charge in [0.15, 0.2) is 5.69 Å². The van der Waals surface area contributed by atoms with Crippen molar-refractivity contribution in [2.75, 3.05) is 18.4 Å². The van der Waals surface area contributed by atoms with E-state index in [1.165, 1.54) is 24.2 Å². The number of anilines is 1. The van der Waals surface area contributed by atoms with Crippen molar-refractivity contribution in [2.24, 2.45) is 5.73 Å². The highest BCUT2D eigenvalue weighted by Gasteiger charge is 2.20. The van der Waals surface area contributed by atoms with Gasteiger partial charge in [0, 0.05) is 13.1 Å². The smallest absolute Gasteiger partial charge is 0.317 e. The molecule has 4 N–H and O–H groups in total. The predicted molar refractivity (Wildman–Crippen MR) is 77.6 cm³/mol. The average Bonchev–Trinajstić information content (AvgIpc) is 2.59. The number of rotatable bonds is 3. The molecule has 0 radical (unpaired) electrons. The Morgan fingerprint density at radius 2 is 1.90 bits per heavy atom. The molecule has 1 aromatic heterocycles. The minimum Gasteiger partial charge on any atom is -0.351 e. The summed E-state index contributed by atoms with van der Waals surface area (Å²) >= 11 is 1.23. The molecule has 110 valence electrons. The number of carbonyl (C=O) groups excluding carboxylic acids is 2. The standard InChI is InChI=1S/C12H19N5O2S/c1-8-14-9(11(20-8)15-12(13)19)10(18)16-17-6-4-2-3-5-7-17/h2-7H2,1H3,(H,16,18)(H3,13,15,19). The Labute approximate surface area is 121 Å². The first kappa shape index (κ1) is 14.7. The van der Waals surface area contributed by atoms with Gasteiger partial charge in [-0.25, -0.2) is 14.8 Å². The number of nitrogens with zero attached hydrogens (tertiary/aromatic N) is 2. The molecule has 1 fully saturated rings. The van der Waals surface area contributed by atoms with Crippen LogP contribution in [0.5, 0.6) is 0 Å². The topological polar surface area (TPSA) is 100 Å². The first-order chi connectivity index (χ1) is 9.56. The summed E-state index contributed by atoms with van der Waals surface area (Å²) in [6, 6.07) is -0.697. The molecule has 2 rings (SSSR count). The van der Waals surface area contributed by atoms with Gasteiger partial charge in [-0.1, -0.05) is 12.8 Å². The molecule has 7 nitrogen and oxygen atoms in total. The molecule has 0 saturated carbocycles. The Morgan fingerprint density at radius 3 is 2.50 bits per heavy atom. The number of amides is 3. The third-order valence-corrected chi connectivity index (χ3v) is 3.94. The number of nitrogens with two attached hydrogens (primary N) is 1. The van der Waals surface area contributed by atoms with Gasteiger partial charge < -0.3 is 5.73 Å². The molecule has 0 atom stereocenters. The summed E-state index contributed by atoms with van der Waals surface area (Å²) in [5, 5.41) is 5.45. The van der Waals surface area contributed by atoms with E-state index >= 15 is 0 Å². The van der Waals surface area contributed by atoms with Crippen molar-refractivity contribution in [2.45, 2.75) is 32.6 Å². The Kier molecular flexibility index (Phi) is 4.91. The average molecular weight is 297 g/mol. The number of hydrogen-bond donors (Lipinski definition) is 3. The maximum Gasteiger partial charge on any atom is 0.317 e. The number of urea groups is 1. The molecule has 1 saturated heterocycles. The van der Waals surface area contributed by atoms with Gasteiger partial charge in [-0.05, 0) is 19.8 Å². The largest absolute Gasteiger partial charge is 0.351 e. The Bertz CT molecular complexity index is 494. The van der Waals surface area contributed by atoms with E-state index in [4.69, 9.17) is 5.73 Å². The van der Waals surface area contributed by atoms with Crippen LogP contribution < -0.4 is 16.5 Å². The van der Waals surface area contributed by atoms with E-state index in [0.29, 0.717) is 10.0 Å². The number of hydrazine groups is 1. The molecule has 1 aliphatic rings. The lowest BCUT2D eigenvalue weighted by Crippen LogP contribution is -2.43. The van der Waals surface area contributed by atoms with Gasteiger partial charge in [-0.3, -0.25) is 15.5 Å². The Balaban J connectivity index is 2.06. The van der Waals surface area contributed by atoms with Crippen LogP contribution in [0.2, 0.25) is 0 Å². The van der Waals surface area contributed by atoms with Gasteiger partial charge in [-0.2, -0.15) is 0 Å². The fourth-order valence-electron chi connectivity index (χ4n) is 2.16. The molecular formula is C12H19N5O2S. The van der Waals surface area contributed by atoms with Gasteiger partial charge in [0.2, 0.25) is 0 Å². The van der Waals surface area contributed by atoms with E-state index in [2.05, 4.69) is 15.7 Å². The van der Waals surface area contributed by atoms with E-state index < -0.39 is 6.03 Å². The SMILES string of the molecule is Cc1nc(C(=O)NN2CCCCCC2)c(NC(N)=O)s1. The molecular weight excluding hydrogens is 278 g/mol. The predicted octanol–water partition coefficient (Wildman–Crippen LogP) is 1.46. The summed E-state index contributed by atoms with van der Waals surface area (Å²) in [5.74, 6) is -0.306. The molecule has 0 unspecified atom stereocenters. The van der Waals surface area contributed by atoms with Crippen molar-refractivity contribution in [3.05, 3.63) is 10.7 Å². The Hall–Kier alpha value is -1.67. The van der Waals surface area contributed by atoms with Crippen LogP contribution >= 0.6 is 11.3 Å². The van der Waals surface area contributed by atoms with Crippen molar-refractivity contribution in [1.29, 1.82) is 0 Å². The van der Waals surface area contributed by atoms with Crippen LogP contribution in [-0.4, -0.2) is 35.0 Å². The second kappa shape index (κ2) is 6.67. The van der Waals surface area contributed by atoms with Gasteiger partial charge in [-0.15, -0.1) is 11.3 Å². The number of primary amides is 1. The fraction of sp³-hybridized carbons (Fsp3) is 0.583. The minimum atomic E-state index is -0.697. The maximum atomic E-state index is 12.2. The van der Waals surface area contributed by atoms with E-state index in [0.717, 1.165) is 25.9 Å². The molecule has 0 spiro atoms. The lowest BCUT2D eigenvalue weighted by atomic mass is 10.2. The zero-order chi connectivity index (χ0) is 14.5. The quantitative estimate of drug-likeness (QED) is 0.786. The molecule has 1 aromatic rings. The molecule has 0 bridgehead atoms. The van der Waals surface area contributed by atoms with Crippen molar-refractivity contribution < 1.29 is 9.59 Å². The molecule has 2 heterocycles. The van der Waals surface area contributed by atoms with Crippen LogP contribution in [0.3, 0.4) is 0 Å². The van der Waals surface area contributed by atoms with Crippen LogP contribution in [-0.2, 0) is 0 Å². The monoisotopic (exact) mass is 297 g/mol. The normalized spacial score (nSPS) is 16.4. The van der Waals surface area contributed by atoms with Crippen molar-refractivity contribution in [3.8, 4) is 0 Å².